The molecule has 0 radical (unpaired) electrons. The Morgan fingerprint density at radius 3 is 2.55 bits per heavy atom. The molecule has 0 bridgehead atoms. The third-order valence-electron chi connectivity index (χ3n) is 3.25. The Bertz CT molecular complexity index is 646. The minimum absolute atomic E-state index is 0.198. The van der Waals surface area contributed by atoms with E-state index in [2.05, 4.69) is 11.9 Å². The maximum Gasteiger partial charge on any atom is 0.350 e. The second-order valence-electron chi connectivity index (χ2n) is 5.04. The van der Waals surface area contributed by atoms with E-state index in [1.54, 1.807) is 12.1 Å². The fourth-order valence-electron chi connectivity index (χ4n) is 1.98. The number of rotatable bonds is 7. The van der Waals surface area contributed by atoms with Crippen molar-refractivity contribution in [3.63, 3.8) is 0 Å². The topological polar surface area (TPSA) is 56.3 Å². The van der Waals surface area contributed by atoms with Crippen molar-refractivity contribution < 1.29 is 14.3 Å². The number of nitrogens with zero attached hydrogens (tertiary/aromatic N) is 1. The van der Waals surface area contributed by atoms with Gasteiger partial charge < -0.3 is 4.74 Å². The summed E-state index contributed by atoms with van der Waals surface area (Å²) in [7, 11) is 0. The first-order valence-corrected chi connectivity index (χ1v) is 8.13. The average Bonchev–Trinajstić information content (AvgIpc) is 2.97. The van der Waals surface area contributed by atoms with Gasteiger partial charge >= 0.3 is 5.97 Å². The summed E-state index contributed by atoms with van der Waals surface area (Å²) in [6.07, 6.45) is 4.77. The molecule has 2 rings (SSSR count). The van der Waals surface area contributed by atoms with Crippen LogP contribution in [0.4, 0.5) is 0 Å². The van der Waals surface area contributed by atoms with E-state index in [4.69, 9.17) is 4.74 Å². The van der Waals surface area contributed by atoms with Crippen molar-refractivity contribution in [3.05, 3.63) is 51.5 Å². The predicted molar refractivity (Wildman–Crippen MR) is 86.5 cm³/mol. The molecule has 0 amide bonds. The molecule has 0 saturated heterocycles. The average molecular weight is 317 g/mol. The summed E-state index contributed by atoms with van der Waals surface area (Å²) in [6, 6.07) is 7.49. The minimum atomic E-state index is -0.501. The molecule has 0 spiro atoms. The number of aryl methyl sites for hydroxylation is 2. The number of hydrogen-bond donors (Lipinski definition) is 0. The van der Waals surface area contributed by atoms with E-state index in [1.807, 2.05) is 19.1 Å². The second-order valence-corrected chi connectivity index (χ2v) is 6.28. The summed E-state index contributed by atoms with van der Waals surface area (Å²) < 4.78 is 5.03. The van der Waals surface area contributed by atoms with Crippen LogP contribution in [0.3, 0.4) is 0 Å². The Morgan fingerprint density at radius 2 is 1.95 bits per heavy atom. The lowest BCUT2D eigenvalue weighted by molar-refractivity contribution is 0.0479. The molecule has 4 nitrogen and oxygen atoms in total. The van der Waals surface area contributed by atoms with Gasteiger partial charge in [-0.05, 0) is 25.3 Å². The molecule has 22 heavy (non-hydrogen) atoms. The van der Waals surface area contributed by atoms with Gasteiger partial charge in [-0.3, -0.25) is 4.79 Å². The van der Waals surface area contributed by atoms with E-state index >= 15 is 0 Å². The minimum Gasteiger partial charge on any atom is -0.453 e. The van der Waals surface area contributed by atoms with Gasteiger partial charge in [-0.2, -0.15) is 0 Å². The smallest absolute Gasteiger partial charge is 0.350 e. The van der Waals surface area contributed by atoms with Crippen molar-refractivity contribution in [1.82, 2.24) is 4.98 Å². The van der Waals surface area contributed by atoms with Crippen LogP contribution in [0.15, 0.2) is 30.5 Å². The van der Waals surface area contributed by atoms with Crippen LogP contribution in [0.25, 0.3) is 0 Å². The Labute approximate surface area is 134 Å². The second kappa shape index (κ2) is 7.84. The Balaban J connectivity index is 1.88. The zero-order chi connectivity index (χ0) is 15.9. The molecule has 0 unspecified atom stereocenters. The number of carbonyl (C=O) groups excluding carboxylic acids is 2. The van der Waals surface area contributed by atoms with Crippen LogP contribution in [0, 0.1) is 6.92 Å². The number of aromatic nitrogens is 1. The molecule has 2 aromatic rings. The van der Waals surface area contributed by atoms with Gasteiger partial charge in [0.15, 0.2) is 12.4 Å². The molecule has 1 aromatic heterocycles. The van der Waals surface area contributed by atoms with Gasteiger partial charge in [0.25, 0.3) is 0 Å². The summed E-state index contributed by atoms with van der Waals surface area (Å²) in [4.78, 5) is 28.2. The maximum atomic E-state index is 12.0. The molecule has 116 valence electrons. The van der Waals surface area contributed by atoms with Crippen LogP contribution < -0.4 is 0 Å². The molecule has 0 aliphatic heterocycles. The molecule has 1 aromatic carbocycles. The number of esters is 1. The number of benzene rings is 1. The third-order valence-corrected chi connectivity index (χ3v) is 4.14. The van der Waals surface area contributed by atoms with Crippen LogP contribution in [0.2, 0.25) is 0 Å². The number of hydrogen-bond acceptors (Lipinski definition) is 5. The van der Waals surface area contributed by atoms with Crippen molar-refractivity contribution in [3.8, 4) is 0 Å². The van der Waals surface area contributed by atoms with E-state index in [1.165, 1.54) is 23.1 Å². The van der Waals surface area contributed by atoms with Gasteiger partial charge in [0.05, 0.1) is 11.2 Å². The fraction of sp³-hybridized carbons (Fsp3) is 0.353. The number of Topliss-reactive ketones (excluding diaryl/α,β-unsaturated/α-hetero) is 1. The number of ether oxygens (including phenoxy) is 1. The first kappa shape index (κ1) is 16.4. The lowest BCUT2D eigenvalue weighted by Crippen LogP contribution is -2.13. The largest absolute Gasteiger partial charge is 0.453 e. The van der Waals surface area contributed by atoms with Gasteiger partial charge in [0.1, 0.15) is 4.88 Å². The quantitative estimate of drug-likeness (QED) is 0.575. The molecule has 0 aliphatic carbocycles. The zero-order valence-corrected chi connectivity index (χ0v) is 13.6. The number of unbranched alkanes of at least 4 members (excludes halogenated alkanes) is 1. The van der Waals surface area contributed by atoms with Crippen molar-refractivity contribution in [2.75, 3.05) is 6.61 Å². The highest BCUT2D eigenvalue weighted by Crippen LogP contribution is 2.13. The molecule has 0 saturated carbocycles. The highest BCUT2D eigenvalue weighted by Gasteiger charge is 2.13. The molecule has 5 heteroatoms. The first-order chi connectivity index (χ1) is 10.6. The van der Waals surface area contributed by atoms with Gasteiger partial charge in [-0.1, -0.05) is 37.6 Å². The van der Waals surface area contributed by atoms with Gasteiger partial charge in [-0.25, -0.2) is 9.78 Å². The van der Waals surface area contributed by atoms with E-state index < -0.39 is 5.97 Å². The third kappa shape index (κ3) is 4.49. The van der Waals surface area contributed by atoms with E-state index in [0.29, 0.717) is 10.4 Å². The van der Waals surface area contributed by atoms with Gasteiger partial charge in [0, 0.05) is 5.56 Å². The summed E-state index contributed by atoms with van der Waals surface area (Å²) in [5.74, 6) is -0.699. The highest BCUT2D eigenvalue weighted by molar-refractivity contribution is 7.13. The van der Waals surface area contributed by atoms with E-state index in [9.17, 15) is 9.59 Å². The molecular weight excluding hydrogens is 298 g/mol. The SMILES string of the molecule is CCCCc1ccc(C(=O)COC(=O)c2cnc(C)s2)cc1. The van der Waals surface area contributed by atoms with Crippen LogP contribution in [0.5, 0.6) is 0 Å². The normalized spacial score (nSPS) is 10.5. The van der Waals surface area contributed by atoms with Crippen LogP contribution in [0.1, 0.15) is 50.4 Å². The van der Waals surface area contributed by atoms with Crippen LogP contribution >= 0.6 is 11.3 Å². The Hall–Kier alpha value is -2.01. The Kier molecular flexibility index (Phi) is 5.83. The summed E-state index contributed by atoms with van der Waals surface area (Å²) in [5, 5.41) is 0.793. The van der Waals surface area contributed by atoms with Crippen LogP contribution in [-0.2, 0) is 11.2 Å². The first-order valence-electron chi connectivity index (χ1n) is 7.32. The van der Waals surface area contributed by atoms with Gasteiger partial charge in [-0.15, -0.1) is 11.3 Å². The molecule has 0 N–H and O–H groups in total. The summed E-state index contributed by atoms with van der Waals surface area (Å²) in [5.41, 5.74) is 1.78. The van der Waals surface area contributed by atoms with Crippen molar-refractivity contribution in [2.45, 2.75) is 33.1 Å². The highest BCUT2D eigenvalue weighted by atomic mass is 32.1. The van der Waals surface area contributed by atoms with Crippen molar-refractivity contribution in [2.24, 2.45) is 0 Å². The van der Waals surface area contributed by atoms with E-state index in [0.717, 1.165) is 24.3 Å². The number of carbonyl (C=O) groups is 2. The molecule has 0 fully saturated rings. The van der Waals surface area contributed by atoms with Gasteiger partial charge in [0.2, 0.25) is 0 Å². The number of thiazole rings is 1. The fourth-order valence-corrected chi connectivity index (χ4v) is 2.65. The lowest BCUT2D eigenvalue weighted by atomic mass is 10.0. The predicted octanol–water partition coefficient (Wildman–Crippen LogP) is 3.83. The summed E-state index contributed by atoms with van der Waals surface area (Å²) in [6.45, 7) is 3.72. The molecule has 1 heterocycles. The van der Waals surface area contributed by atoms with Crippen LogP contribution in [-0.4, -0.2) is 23.3 Å². The standard InChI is InChI=1S/C17H19NO3S/c1-3-4-5-13-6-8-14(9-7-13)15(19)11-21-17(20)16-10-18-12(2)22-16/h6-10H,3-5,11H2,1-2H3. The van der Waals surface area contributed by atoms with Crippen molar-refractivity contribution >= 4 is 23.1 Å². The number of ketones is 1. The lowest BCUT2D eigenvalue weighted by Gasteiger charge is -2.04. The molecular formula is C17H19NO3S. The Morgan fingerprint density at radius 1 is 1.23 bits per heavy atom. The molecule has 0 atom stereocenters. The molecule has 0 aliphatic rings. The van der Waals surface area contributed by atoms with E-state index in [-0.39, 0.29) is 12.4 Å². The summed E-state index contributed by atoms with van der Waals surface area (Å²) >= 11 is 1.26. The monoisotopic (exact) mass is 317 g/mol. The zero-order valence-electron chi connectivity index (χ0n) is 12.8. The maximum absolute atomic E-state index is 12.0. The van der Waals surface area contributed by atoms with Crippen molar-refractivity contribution in [1.29, 1.82) is 0 Å².